The third kappa shape index (κ3) is 7.15. The number of halogens is 6. The molecule has 0 saturated heterocycles. The first-order valence-corrected chi connectivity index (χ1v) is 9.11. The number of aromatic nitrogens is 2. The van der Waals surface area contributed by atoms with E-state index in [1.807, 2.05) is 0 Å². The van der Waals surface area contributed by atoms with Gasteiger partial charge in [0, 0.05) is 0 Å². The average Bonchev–Trinajstić information content (AvgIpc) is 2.57. The Morgan fingerprint density at radius 3 is 1.91 bits per heavy atom. The topological polar surface area (TPSA) is 157 Å². The molecule has 0 aliphatic carbocycles. The van der Waals surface area contributed by atoms with Crippen molar-refractivity contribution in [1.82, 2.24) is 14.7 Å². The van der Waals surface area contributed by atoms with Gasteiger partial charge >= 0.3 is 24.7 Å². The number of sulfonamides is 1. The van der Waals surface area contributed by atoms with Crippen LogP contribution >= 0.6 is 0 Å². The molecule has 0 bridgehead atoms. The van der Waals surface area contributed by atoms with Crippen molar-refractivity contribution in [2.45, 2.75) is 17.6 Å². The number of rotatable bonds is 6. The van der Waals surface area contributed by atoms with Gasteiger partial charge in [0.15, 0.2) is 0 Å². The van der Waals surface area contributed by atoms with Crippen molar-refractivity contribution in [3.05, 3.63) is 35.9 Å². The van der Waals surface area contributed by atoms with Crippen LogP contribution in [0.3, 0.4) is 0 Å². The van der Waals surface area contributed by atoms with Gasteiger partial charge in [-0.1, -0.05) is 12.1 Å². The van der Waals surface area contributed by atoms with Crippen LogP contribution in [0, 0.1) is 0 Å². The summed E-state index contributed by atoms with van der Waals surface area (Å²) in [6.07, 6.45) is -10.8. The molecule has 32 heavy (non-hydrogen) atoms. The van der Waals surface area contributed by atoms with E-state index in [9.17, 15) is 44.3 Å². The zero-order chi connectivity index (χ0) is 24.3. The number of nitrogens with zero attached hydrogens (tertiary/aromatic N) is 2. The van der Waals surface area contributed by atoms with E-state index < -0.39 is 62.9 Å². The molecular weight excluding hydrogens is 482 g/mol. The number of amides is 2. The molecule has 0 atom stereocenters. The average molecular weight is 490 g/mol. The van der Waals surface area contributed by atoms with Gasteiger partial charge in [-0.25, -0.2) is 22.7 Å². The van der Waals surface area contributed by atoms with Crippen molar-refractivity contribution in [3.8, 4) is 11.8 Å². The number of carboxylic acids is 1. The van der Waals surface area contributed by atoms with Gasteiger partial charge in [-0.15, -0.1) is 26.3 Å². The SMILES string of the molecule is O=C(Nc1nc(OC(F)(F)F)cc(OC(F)(F)F)n1)NS(=O)(=O)c1ccccc1C(=O)O. The van der Waals surface area contributed by atoms with Gasteiger partial charge < -0.3 is 14.6 Å². The number of carbonyl (C=O) groups excluding carboxylic acids is 1. The number of hydrogen-bond acceptors (Lipinski definition) is 8. The number of carboxylic acid groups (broad SMARTS) is 1. The lowest BCUT2D eigenvalue weighted by molar-refractivity contribution is -0.278. The highest BCUT2D eigenvalue weighted by atomic mass is 32.2. The molecule has 0 spiro atoms. The van der Waals surface area contributed by atoms with Crippen LogP contribution in [0.4, 0.5) is 37.1 Å². The lowest BCUT2D eigenvalue weighted by Crippen LogP contribution is -2.35. The minimum Gasteiger partial charge on any atom is -0.478 e. The second-order valence-corrected chi connectivity index (χ2v) is 6.98. The monoisotopic (exact) mass is 490 g/mol. The van der Waals surface area contributed by atoms with Crippen LogP contribution in [-0.4, -0.2) is 48.2 Å². The number of benzene rings is 1. The molecule has 0 radical (unpaired) electrons. The van der Waals surface area contributed by atoms with Gasteiger partial charge in [-0.05, 0) is 12.1 Å². The minimum atomic E-state index is -5.40. The second kappa shape index (κ2) is 8.73. The maximum absolute atomic E-state index is 12.3. The van der Waals surface area contributed by atoms with Crippen molar-refractivity contribution in [2.24, 2.45) is 0 Å². The molecule has 1 aromatic carbocycles. The molecule has 174 valence electrons. The van der Waals surface area contributed by atoms with Gasteiger partial charge in [0.1, 0.15) is 4.90 Å². The lowest BCUT2D eigenvalue weighted by Gasteiger charge is -2.13. The predicted molar refractivity (Wildman–Crippen MR) is 88.1 cm³/mol. The van der Waals surface area contributed by atoms with E-state index in [1.165, 1.54) is 16.1 Å². The lowest BCUT2D eigenvalue weighted by atomic mass is 10.2. The van der Waals surface area contributed by atoms with Crippen molar-refractivity contribution in [2.75, 3.05) is 5.32 Å². The Labute approximate surface area is 173 Å². The second-order valence-electron chi connectivity index (χ2n) is 5.32. The molecule has 1 heterocycles. The van der Waals surface area contributed by atoms with Gasteiger partial charge in [0.05, 0.1) is 11.6 Å². The summed E-state index contributed by atoms with van der Waals surface area (Å²) in [5, 5.41) is 10.5. The van der Waals surface area contributed by atoms with Crippen LogP contribution in [0.1, 0.15) is 10.4 Å². The fourth-order valence-electron chi connectivity index (χ4n) is 1.98. The predicted octanol–water partition coefficient (Wildman–Crippen LogP) is 2.48. The fraction of sp³-hybridized carbons (Fsp3) is 0.143. The normalized spacial score (nSPS) is 12.1. The van der Waals surface area contributed by atoms with E-state index in [2.05, 4.69) is 19.4 Å². The number of carbonyl (C=O) groups is 2. The molecular formula is C14H8F6N4O7S. The molecule has 0 fully saturated rings. The van der Waals surface area contributed by atoms with E-state index in [-0.39, 0.29) is 6.07 Å². The zero-order valence-corrected chi connectivity index (χ0v) is 15.7. The van der Waals surface area contributed by atoms with Crippen LogP contribution in [0.25, 0.3) is 0 Å². The van der Waals surface area contributed by atoms with Crippen LogP contribution in [-0.2, 0) is 10.0 Å². The van der Waals surface area contributed by atoms with E-state index >= 15 is 0 Å². The number of urea groups is 1. The summed E-state index contributed by atoms with van der Waals surface area (Å²) in [5.41, 5.74) is -0.731. The molecule has 0 saturated carbocycles. The zero-order valence-electron chi connectivity index (χ0n) is 14.9. The largest absolute Gasteiger partial charge is 0.574 e. The number of ether oxygens (including phenoxy) is 2. The van der Waals surface area contributed by atoms with Crippen LogP contribution < -0.4 is 19.5 Å². The minimum absolute atomic E-state index is 0.00388. The Kier molecular flexibility index (Phi) is 6.67. The molecule has 2 aromatic rings. The molecule has 0 aliphatic rings. The molecule has 1 aromatic heterocycles. The quantitative estimate of drug-likeness (QED) is 0.518. The number of anilines is 1. The summed E-state index contributed by atoms with van der Waals surface area (Å²) in [6.45, 7) is 0. The van der Waals surface area contributed by atoms with Crippen LogP contribution in [0.2, 0.25) is 0 Å². The number of hydrogen-bond donors (Lipinski definition) is 3. The highest BCUT2D eigenvalue weighted by Gasteiger charge is 2.35. The Balaban J connectivity index is 2.31. The Morgan fingerprint density at radius 1 is 0.938 bits per heavy atom. The maximum atomic E-state index is 12.3. The van der Waals surface area contributed by atoms with E-state index in [0.29, 0.717) is 0 Å². The van der Waals surface area contributed by atoms with Crippen LogP contribution in [0.15, 0.2) is 35.2 Å². The Bertz CT molecular complexity index is 1100. The molecule has 0 aliphatic heterocycles. The van der Waals surface area contributed by atoms with Crippen molar-refractivity contribution >= 4 is 28.0 Å². The Morgan fingerprint density at radius 2 is 1.44 bits per heavy atom. The van der Waals surface area contributed by atoms with Crippen LogP contribution in [0.5, 0.6) is 11.8 Å². The first-order chi connectivity index (χ1) is 14.6. The van der Waals surface area contributed by atoms with Crippen molar-refractivity contribution < 1.29 is 58.9 Å². The number of alkyl halides is 6. The summed E-state index contributed by atoms with van der Waals surface area (Å²) in [6, 6.07) is 2.28. The first kappa shape index (κ1) is 24.4. The molecule has 3 N–H and O–H groups in total. The summed E-state index contributed by atoms with van der Waals surface area (Å²) in [7, 11) is -4.85. The highest BCUT2D eigenvalue weighted by Crippen LogP contribution is 2.28. The van der Waals surface area contributed by atoms with Gasteiger partial charge in [-0.2, -0.15) is 9.97 Å². The van der Waals surface area contributed by atoms with Crippen molar-refractivity contribution in [3.63, 3.8) is 0 Å². The standard InChI is InChI=1S/C14H8F6N4O7S/c15-13(16,17)30-8-5-9(31-14(18,19)20)22-11(21-8)23-12(27)24-32(28,29)7-4-2-1-3-6(7)10(25)26/h1-5H,(H,25,26)(H2,21,22,23,24,27). The van der Waals surface area contributed by atoms with Gasteiger partial charge in [0.2, 0.25) is 17.7 Å². The van der Waals surface area contributed by atoms with Gasteiger partial charge in [-0.3, -0.25) is 5.32 Å². The van der Waals surface area contributed by atoms with Crippen molar-refractivity contribution in [1.29, 1.82) is 0 Å². The van der Waals surface area contributed by atoms with Gasteiger partial charge in [0.25, 0.3) is 10.0 Å². The summed E-state index contributed by atoms with van der Waals surface area (Å²) >= 11 is 0. The number of aromatic carboxylic acids is 1. The first-order valence-electron chi connectivity index (χ1n) is 7.62. The molecule has 11 nitrogen and oxygen atoms in total. The molecule has 0 unspecified atom stereocenters. The van der Waals surface area contributed by atoms with E-state index in [4.69, 9.17) is 5.11 Å². The number of nitrogens with one attached hydrogen (secondary N) is 2. The maximum Gasteiger partial charge on any atom is 0.574 e. The smallest absolute Gasteiger partial charge is 0.478 e. The highest BCUT2D eigenvalue weighted by molar-refractivity contribution is 7.90. The fourth-order valence-corrected chi connectivity index (χ4v) is 3.09. The third-order valence-corrected chi connectivity index (χ3v) is 4.37. The summed E-state index contributed by atoms with van der Waals surface area (Å²) in [4.78, 5) is 28.1. The van der Waals surface area contributed by atoms with E-state index in [0.717, 1.165) is 18.2 Å². The summed E-state index contributed by atoms with van der Waals surface area (Å²) in [5.74, 6) is -5.99. The Hall–Kier alpha value is -3.83. The third-order valence-electron chi connectivity index (χ3n) is 2.98. The molecule has 18 heteroatoms. The summed E-state index contributed by atoms with van der Waals surface area (Å²) < 4.78 is 107. The molecule has 2 rings (SSSR count). The van der Waals surface area contributed by atoms with E-state index in [1.54, 1.807) is 0 Å². The molecule has 2 amide bonds.